The van der Waals surface area contributed by atoms with Crippen LogP contribution in [0.1, 0.15) is 59.7 Å². The number of hydrogen-bond acceptors (Lipinski definition) is 4. The topological polar surface area (TPSA) is 70.7 Å². The van der Waals surface area contributed by atoms with Crippen LogP contribution >= 0.6 is 0 Å². The normalized spacial score (nSPS) is 26.5. The first kappa shape index (κ1) is 27.4. The third kappa shape index (κ3) is 5.89. The number of benzene rings is 2. The molecule has 2 aromatic rings. The van der Waals surface area contributed by atoms with Crippen LogP contribution in [0.2, 0.25) is 0 Å². The molecule has 6 nitrogen and oxygen atoms in total. The lowest BCUT2D eigenvalue weighted by molar-refractivity contribution is -0.137. The SMILES string of the molecule is CCO[C@H]1CN(C2CCC3(C=Cc4ccccc43)CC2)CC1NC(=O)CNC(=O)c1cccc(C(F)(F)F)c1. The zero-order valence-corrected chi connectivity index (χ0v) is 22.0. The van der Waals surface area contributed by atoms with Crippen molar-refractivity contribution >= 4 is 17.9 Å². The average molecular weight is 542 g/mol. The summed E-state index contributed by atoms with van der Waals surface area (Å²) in [4.78, 5) is 27.5. The maximum Gasteiger partial charge on any atom is 0.416 e. The van der Waals surface area contributed by atoms with Crippen molar-refractivity contribution in [3.63, 3.8) is 0 Å². The van der Waals surface area contributed by atoms with Crippen LogP contribution in [0.4, 0.5) is 13.2 Å². The van der Waals surface area contributed by atoms with Gasteiger partial charge in [0.25, 0.3) is 5.91 Å². The Bertz CT molecular complexity index is 1240. The quantitative estimate of drug-likeness (QED) is 0.540. The highest BCUT2D eigenvalue weighted by atomic mass is 19.4. The average Bonchev–Trinajstić information content (AvgIpc) is 3.49. The lowest BCUT2D eigenvalue weighted by Crippen LogP contribution is -2.48. The number of rotatable bonds is 7. The highest BCUT2D eigenvalue weighted by Gasteiger charge is 2.43. The fourth-order valence-corrected chi connectivity index (χ4v) is 6.33. The number of nitrogens with zero attached hydrogens (tertiary/aromatic N) is 1. The predicted octanol–water partition coefficient (Wildman–Crippen LogP) is 4.55. The lowest BCUT2D eigenvalue weighted by Gasteiger charge is -2.40. The molecule has 2 amide bonds. The number of carbonyl (C=O) groups excluding carboxylic acids is 2. The van der Waals surface area contributed by atoms with Gasteiger partial charge in [-0.05, 0) is 61.9 Å². The molecule has 3 aliphatic rings. The molecule has 1 saturated carbocycles. The van der Waals surface area contributed by atoms with Gasteiger partial charge in [0, 0.05) is 36.7 Å². The van der Waals surface area contributed by atoms with Crippen LogP contribution in [-0.4, -0.2) is 61.1 Å². The molecule has 2 fully saturated rings. The third-order valence-corrected chi connectivity index (χ3v) is 8.33. The molecule has 1 heterocycles. The van der Waals surface area contributed by atoms with Gasteiger partial charge in [0.2, 0.25) is 5.91 Å². The van der Waals surface area contributed by atoms with Crippen molar-refractivity contribution in [3.05, 3.63) is 76.9 Å². The van der Waals surface area contributed by atoms with Crippen LogP contribution in [0.25, 0.3) is 6.08 Å². The van der Waals surface area contributed by atoms with Crippen molar-refractivity contribution in [2.75, 3.05) is 26.2 Å². The number of hydrogen-bond donors (Lipinski definition) is 2. The minimum atomic E-state index is -4.55. The Balaban J connectivity index is 1.14. The maximum absolute atomic E-state index is 13.0. The first-order valence-corrected chi connectivity index (χ1v) is 13.6. The van der Waals surface area contributed by atoms with Crippen LogP contribution in [-0.2, 0) is 21.1 Å². The van der Waals surface area contributed by atoms with Crippen LogP contribution < -0.4 is 10.6 Å². The third-order valence-electron chi connectivity index (χ3n) is 8.33. The Kier molecular flexibility index (Phi) is 7.82. The molecule has 1 aliphatic heterocycles. The van der Waals surface area contributed by atoms with Gasteiger partial charge in [0.1, 0.15) is 0 Å². The van der Waals surface area contributed by atoms with Gasteiger partial charge in [0.15, 0.2) is 0 Å². The summed E-state index contributed by atoms with van der Waals surface area (Å²) >= 11 is 0. The largest absolute Gasteiger partial charge is 0.416 e. The van der Waals surface area contributed by atoms with Gasteiger partial charge in [-0.1, -0.05) is 42.5 Å². The number of allylic oxidation sites excluding steroid dienone is 1. The molecular formula is C30H34F3N3O3. The molecule has 9 heteroatoms. The molecule has 0 bridgehead atoms. The van der Waals surface area contributed by atoms with E-state index in [1.54, 1.807) is 0 Å². The Morgan fingerprint density at radius 2 is 1.85 bits per heavy atom. The second-order valence-corrected chi connectivity index (χ2v) is 10.7. The van der Waals surface area contributed by atoms with Gasteiger partial charge in [-0.3, -0.25) is 14.5 Å². The van der Waals surface area contributed by atoms with Crippen molar-refractivity contribution in [1.82, 2.24) is 15.5 Å². The maximum atomic E-state index is 13.0. The minimum absolute atomic E-state index is 0.123. The summed E-state index contributed by atoms with van der Waals surface area (Å²) in [6.45, 7) is 3.49. The summed E-state index contributed by atoms with van der Waals surface area (Å²) in [6.07, 6.45) is 4.19. The van der Waals surface area contributed by atoms with Crippen molar-refractivity contribution in [2.45, 2.75) is 62.4 Å². The van der Waals surface area contributed by atoms with Crippen LogP contribution in [0.3, 0.4) is 0 Å². The van der Waals surface area contributed by atoms with Gasteiger partial charge >= 0.3 is 6.18 Å². The molecule has 0 radical (unpaired) electrons. The van der Waals surface area contributed by atoms with Crippen molar-refractivity contribution in [3.8, 4) is 0 Å². The van der Waals surface area contributed by atoms with Crippen LogP contribution in [0, 0.1) is 0 Å². The fourth-order valence-electron chi connectivity index (χ4n) is 6.33. The predicted molar refractivity (Wildman–Crippen MR) is 142 cm³/mol. The smallest absolute Gasteiger partial charge is 0.375 e. The lowest BCUT2D eigenvalue weighted by atomic mass is 9.69. The molecular weight excluding hydrogens is 507 g/mol. The zero-order chi connectivity index (χ0) is 27.6. The summed E-state index contributed by atoms with van der Waals surface area (Å²) in [5.41, 5.74) is 1.81. The zero-order valence-electron chi connectivity index (χ0n) is 22.0. The highest BCUT2D eigenvalue weighted by molar-refractivity contribution is 5.96. The van der Waals surface area contributed by atoms with Gasteiger partial charge in [-0.2, -0.15) is 13.2 Å². The molecule has 39 heavy (non-hydrogen) atoms. The number of amides is 2. The summed E-state index contributed by atoms with van der Waals surface area (Å²) < 4.78 is 44.8. The molecule has 0 aromatic heterocycles. The minimum Gasteiger partial charge on any atom is -0.375 e. The molecule has 2 N–H and O–H groups in total. The molecule has 1 saturated heterocycles. The molecule has 5 rings (SSSR count). The van der Waals surface area contributed by atoms with E-state index in [0.717, 1.165) is 44.4 Å². The van der Waals surface area contributed by atoms with Crippen molar-refractivity contribution < 1.29 is 27.5 Å². The van der Waals surface area contributed by atoms with E-state index in [-0.39, 0.29) is 29.7 Å². The molecule has 2 atom stereocenters. The van der Waals surface area contributed by atoms with Gasteiger partial charge in [0.05, 0.1) is 24.3 Å². The van der Waals surface area contributed by atoms with E-state index in [0.29, 0.717) is 19.2 Å². The summed E-state index contributed by atoms with van der Waals surface area (Å²) in [5, 5.41) is 5.40. The number of halogens is 3. The Morgan fingerprint density at radius 3 is 2.59 bits per heavy atom. The van der Waals surface area contributed by atoms with E-state index in [2.05, 4.69) is 52.0 Å². The second kappa shape index (κ2) is 11.1. The van der Waals surface area contributed by atoms with Crippen LogP contribution in [0.5, 0.6) is 0 Å². The summed E-state index contributed by atoms with van der Waals surface area (Å²) in [5.74, 6) is -1.13. The number of fused-ring (bicyclic) bond motifs is 2. The highest BCUT2D eigenvalue weighted by Crippen LogP contribution is 2.47. The van der Waals surface area contributed by atoms with Gasteiger partial charge in [-0.25, -0.2) is 0 Å². The van der Waals surface area contributed by atoms with E-state index < -0.39 is 23.6 Å². The number of nitrogens with one attached hydrogen (secondary N) is 2. The Hall–Kier alpha value is -3.17. The Labute approximate surface area is 226 Å². The van der Waals surface area contributed by atoms with E-state index >= 15 is 0 Å². The van der Waals surface area contributed by atoms with Gasteiger partial charge in [-0.15, -0.1) is 0 Å². The summed E-state index contributed by atoms with van der Waals surface area (Å²) in [6, 6.07) is 12.9. The van der Waals surface area contributed by atoms with E-state index in [1.807, 2.05) is 6.92 Å². The first-order chi connectivity index (χ1) is 18.7. The van der Waals surface area contributed by atoms with Crippen molar-refractivity contribution in [2.24, 2.45) is 0 Å². The van der Waals surface area contributed by atoms with Crippen LogP contribution in [0.15, 0.2) is 54.6 Å². The summed E-state index contributed by atoms with van der Waals surface area (Å²) in [7, 11) is 0. The van der Waals surface area contributed by atoms with E-state index in [9.17, 15) is 22.8 Å². The monoisotopic (exact) mass is 541 g/mol. The molecule has 2 aromatic carbocycles. The fraction of sp³-hybridized carbons (Fsp3) is 0.467. The van der Waals surface area contributed by atoms with Crippen molar-refractivity contribution in [1.29, 1.82) is 0 Å². The molecule has 2 aliphatic carbocycles. The number of alkyl halides is 3. The molecule has 208 valence electrons. The standard InChI is InChI=1S/C30H34F3N3O3/c1-2-39-26-19-36(23-11-14-29(15-12-23)13-10-20-6-3-4-9-24(20)29)18-25(26)35-27(37)17-34-28(38)21-7-5-8-22(16-21)30(31,32)33/h3-10,13,16,23,25-26H,2,11-12,14-15,17-19H2,1H3,(H,34,38)(H,35,37)/t23?,25?,26-,29?/m0/s1. The number of ether oxygens (including phenoxy) is 1. The Morgan fingerprint density at radius 1 is 1.08 bits per heavy atom. The number of likely N-dealkylation sites (tertiary alicyclic amines) is 1. The first-order valence-electron chi connectivity index (χ1n) is 13.6. The van der Waals surface area contributed by atoms with E-state index in [1.165, 1.54) is 23.3 Å². The molecule has 1 unspecified atom stereocenters. The second-order valence-electron chi connectivity index (χ2n) is 10.7. The molecule has 1 spiro atoms. The number of carbonyl (C=O) groups is 2. The van der Waals surface area contributed by atoms with E-state index in [4.69, 9.17) is 4.74 Å². The van der Waals surface area contributed by atoms with Gasteiger partial charge < -0.3 is 15.4 Å².